The van der Waals surface area contributed by atoms with Gasteiger partial charge in [0.1, 0.15) is 33.5 Å². The number of fused-ring (bicyclic) bond motifs is 1. The molecular weight excluding hydrogens is 574 g/mol. The average Bonchev–Trinajstić information content (AvgIpc) is 3.69. The zero-order valence-electron chi connectivity index (χ0n) is 22.8. The lowest BCUT2D eigenvalue weighted by Crippen LogP contribution is -2.18. The zero-order valence-corrected chi connectivity index (χ0v) is 23.6. The Morgan fingerprint density at radius 2 is 1.90 bits per heavy atom. The minimum atomic E-state index is -2.89. The number of alkyl halides is 2. The van der Waals surface area contributed by atoms with Crippen LogP contribution in [-0.2, 0) is 13.2 Å². The van der Waals surface area contributed by atoms with Crippen molar-refractivity contribution in [1.29, 1.82) is 0 Å². The number of primary amides is 1. The summed E-state index contributed by atoms with van der Waals surface area (Å²) < 4.78 is 32.1. The molecular formula is C25H24F2N10O4S. The number of nitrogens with one attached hydrogen (secondary N) is 1. The largest absolute Gasteiger partial charge is 0.365 e. The minimum Gasteiger partial charge on any atom is -0.365 e. The molecule has 3 N–H and O–H groups in total. The van der Waals surface area contributed by atoms with Gasteiger partial charge in [-0.15, -0.1) is 11.3 Å². The number of carbonyl (C=O) groups is 2. The van der Waals surface area contributed by atoms with Crippen molar-refractivity contribution in [2.75, 3.05) is 5.32 Å². The first-order valence-corrected chi connectivity index (χ1v) is 13.3. The van der Waals surface area contributed by atoms with E-state index in [1.54, 1.807) is 18.5 Å². The van der Waals surface area contributed by atoms with Crippen LogP contribution in [0.1, 0.15) is 56.3 Å². The molecule has 0 atom stereocenters. The molecule has 42 heavy (non-hydrogen) atoms. The number of thiophene rings is 1. The number of nitrogens with two attached hydrogens (primary N) is 1. The molecule has 0 fully saturated rings. The van der Waals surface area contributed by atoms with E-state index in [9.17, 15) is 28.5 Å². The summed E-state index contributed by atoms with van der Waals surface area (Å²) in [7, 11) is 0. The number of rotatable bonds is 9. The van der Waals surface area contributed by atoms with Crippen LogP contribution in [0.15, 0.2) is 24.5 Å². The number of aromatic nitrogens is 7. The molecule has 5 aromatic rings. The fourth-order valence-electron chi connectivity index (χ4n) is 4.73. The summed E-state index contributed by atoms with van der Waals surface area (Å²) in [5.41, 5.74) is 7.07. The van der Waals surface area contributed by atoms with Crippen LogP contribution < -0.4 is 11.1 Å². The highest BCUT2D eigenvalue weighted by molar-refractivity contribution is 7.21. The second-order valence-electron chi connectivity index (χ2n) is 9.32. The van der Waals surface area contributed by atoms with Gasteiger partial charge in [-0.1, -0.05) is 0 Å². The first-order chi connectivity index (χ1) is 19.9. The van der Waals surface area contributed by atoms with Crippen molar-refractivity contribution >= 4 is 44.7 Å². The van der Waals surface area contributed by atoms with Crippen molar-refractivity contribution in [3.63, 3.8) is 0 Å². The maximum absolute atomic E-state index is 13.8. The summed E-state index contributed by atoms with van der Waals surface area (Å²) in [6.07, 6.45) is 0.128. The van der Waals surface area contributed by atoms with E-state index >= 15 is 0 Å². The van der Waals surface area contributed by atoms with E-state index in [1.165, 1.54) is 40.8 Å². The average molecular weight is 599 g/mol. The van der Waals surface area contributed by atoms with Crippen molar-refractivity contribution < 1.29 is 23.3 Å². The number of anilines is 1. The van der Waals surface area contributed by atoms with E-state index in [0.29, 0.717) is 29.1 Å². The molecule has 5 rings (SSSR count). The maximum atomic E-state index is 13.8. The quantitative estimate of drug-likeness (QED) is 0.187. The molecule has 218 valence electrons. The monoisotopic (exact) mass is 598 g/mol. The van der Waals surface area contributed by atoms with Gasteiger partial charge in [-0.05, 0) is 45.4 Å². The number of hydrogen-bond acceptors (Lipinski definition) is 9. The molecule has 0 saturated carbocycles. The Morgan fingerprint density at radius 3 is 2.50 bits per heavy atom. The van der Waals surface area contributed by atoms with Crippen molar-refractivity contribution in [2.45, 2.75) is 47.3 Å². The molecule has 0 aliphatic heterocycles. The van der Waals surface area contributed by atoms with Crippen LogP contribution in [0.5, 0.6) is 0 Å². The Balaban J connectivity index is 1.55. The molecule has 0 unspecified atom stereocenters. The van der Waals surface area contributed by atoms with Crippen LogP contribution in [0.25, 0.3) is 21.3 Å². The normalized spacial score (nSPS) is 11.5. The van der Waals surface area contributed by atoms with Crippen molar-refractivity contribution in [3.05, 3.63) is 68.0 Å². The summed E-state index contributed by atoms with van der Waals surface area (Å²) in [6, 6.07) is 2.63. The summed E-state index contributed by atoms with van der Waals surface area (Å²) in [5.74, 6) is -1.59. The predicted octanol–water partition coefficient (Wildman–Crippen LogP) is 4.20. The molecule has 0 saturated heterocycles. The molecule has 0 bridgehead atoms. The molecule has 0 aromatic carbocycles. The van der Waals surface area contributed by atoms with Crippen LogP contribution in [0, 0.1) is 30.9 Å². The van der Waals surface area contributed by atoms with Crippen LogP contribution in [0.3, 0.4) is 0 Å². The van der Waals surface area contributed by atoms with Crippen molar-refractivity contribution in [3.8, 4) is 11.1 Å². The van der Waals surface area contributed by atoms with Crippen LogP contribution in [-0.4, -0.2) is 51.1 Å². The smallest absolute Gasteiger partial charge is 0.312 e. The third kappa shape index (κ3) is 4.87. The molecule has 0 spiro atoms. The molecule has 5 aromatic heterocycles. The highest BCUT2D eigenvalue weighted by Crippen LogP contribution is 2.43. The Hall–Kier alpha value is -5.06. The highest BCUT2D eigenvalue weighted by atomic mass is 32.1. The zero-order chi connectivity index (χ0) is 30.5. The Bertz CT molecular complexity index is 1890. The van der Waals surface area contributed by atoms with Gasteiger partial charge in [0.15, 0.2) is 5.69 Å². The molecule has 0 aliphatic carbocycles. The lowest BCUT2D eigenvalue weighted by atomic mass is 10.0. The lowest BCUT2D eigenvalue weighted by Gasteiger charge is -2.10. The van der Waals surface area contributed by atoms with E-state index in [1.807, 2.05) is 6.92 Å². The highest BCUT2D eigenvalue weighted by Gasteiger charge is 2.27. The van der Waals surface area contributed by atoms with Crippen LogP contribution in [0.4, 0.5) is 20.2 Å². The third-order valence-electron chi connectivity index (χ3n) is 6.74. The van der Waals surface area contributed by atoms with E-state index in [-0.39, 0.29) is 44.5 Å². The number of pyridine rings is 1. The van der Waals surface area contributed by atoms with Gasteiger partial charge >= 0.3 is 5.69 Å². The molecule has 5 heterocycles. The van der Waals surface area contributed by atoms with Crippen molar-refractivity contribution in [2.24, 2.45) is 5.73 Å². The second-order valence-corrected chi connectivity index (χ2v) is 10.3. The fraction of sp³-hybridized carbons (Fsp3) is 0.280. The van der Waals surface area contributed by atoms with Gasteiger partial charge in [0.25, 0.3) is 18.2 Å². The van der Waals surface area contributed by atoms with E-state index in [0.717, 1.165) is 11.3 Å². The lowest BCUT2D eigenvalue weighted by molar-refractivity contribution is -0.386. The predicted molar refractivity (Wildman–Crippen MR) is 149 cm³/mol. The standard InChI is InChI=1S/C25H24F2N10O4S/c1-5-35-12(3)15(9-29-35)14-8-17(22(26)27)30-25-18(14)19(21(42-25)23(28)38)31-24(39)16-6-7-34(33-16)10-36-13(4)20(37(40)41)11(2)32-36/h6-9,22H,5,10H2,1-4H3,(H2,28,38)(H,31,39). The first-order valence-electron chi connectivity index (χ1n) is 12.5. The van der Waals surface area contributed by atoms with Gasteiger partial charge in [-0.3, -0.25) is 29.1 Å². The topological polar surface area (TPSA) is 182 Å². The summed E-state index contributed by atoms with van der Waals surface area (Å²) >= 11 is 0.789. The molecule has 0 radical (unpaired) electrons. The molecule has 17 heteroatoms. The van der Waals surface area contributed by atoms with E-state index in [2.05, 4.69) is 25.6 Å². The Morgan fingerprint density at radius 1 is 1.17 bits per heavy atom. The number of aryl methyl sites for hydroxylation is 2. The number of nitro groups is 1. The van der Waals surface area contributed by atoms with Gasteiger partial charge in [-0.2, -0.15) is 15.3 Å². The van der Waals surface area contributed by atoms with Gasteiger partial charge in [0.2, 0.25) is 0 Å². The van der Waals surface area contributed by atoms with Gasteiger partial charge in [0.05, 0.1) is 16.8 Å². The van der Waals surface area contributed by atoms with E-state index in [4.69, 9.17) is 5.73 Å². The SMILES string of the molecule is CCn1ncc(-c2cc(C(F)F)nc3sc(C(N)=O)c(NC(=O)c4ccn(Cn5nc(C)c([N+](=O)[O-])c5C)n4)c23)c1C. The number of amides is 2. The first kappa shape index (κ1) is 28.5. The number of nitrogens with zero attached hydrogens (tertiary/aromatic N) is 8. The minimum absolute atomic E-state index is 0.00706. The summed E-state index contributed by atoms with van der Waals surface area (Å²) in [5, 5.41) is 27.0. The molecule has 2 amide bonds. The maximum Gasteiger partial charge on any atom is 0.312 e. The third-order valence-corrected chi connectivity index (χ3v) is 7.84. The summed E-state index contributed by atoms with van der Waals surface area (Å²) in [6.45, 7) is 7.27. The van der Waals surface area contributed by atoms with Crippen molar-refractivity contribution in [1.82, 2.24) is 34.3 Å². The molecule has 0 aliphatic rings. The molecule has 14 nitrogen and oxygen atoms in total. The van der Waals surface area contributed by atoms with Gasteiger partial charge < -0.3 is 11.1 Å². The van der Waals surface area contributed by atoms with E-state index < -0.39 is 28.9 Å². The number of carbonyl (C=O) groups excluding carboxylic acids is 2. The summed E-state index contributed by atoms with van der Waals surface area (Å²) in [4.78, 5) is 40.6. The van der Waals surface area contributed by atoms with Gasteiger partial charge in [0, 0.05) is 29.4 Å². The number of halogens is 2. The Labute approximate surface area is 239 Å². The van der Waals surface area contributed by atoms with Gasteiger partial charge in [-0.25, -0.2) is 18.4 Å². The van der Waals surface area contributed by atoms with Crippen LogP contribution in [0.2, 0.25) is 0 Å². The van der Waals surface area contributed by atoms with Crippen LogP contribution >= 0.6 is 11.3 Å². The number of hydrogen-bond donors (Lipinski definition) is 2. The fourth-order valence-corrected chi connectivity index (χ4v) is 5.74. The second kappa shape index (κ2) is 10.7. The Kier molecular flexibility index (Phi) is 7.27.